The van der Waals surface area contributed by atoms with Crippen LogP contribution in [0.15, 0.2) is 146 Å². The zero-order valence-electron chi connectivity index (χ0n) is 28.1. The Morgan fingerprint density at radius 2 is 1.06 bits per heavy atom. The molecule has 0 bridgehead atoms. The average Bonchev–Trinajstić information content (AvgIpc) is 3.77. The van der Waals surface area contributed by atoms with E-state index in [9.17, 15) is 10.5 Å². The minimum absolute atomic E-state index is 0.159. The summed E-state index contributed by atoms with van der Waals surface area (Å²) in [7, 11) is 0. The van der Waals surface area contributed by atoms with Gasteiger partial charge in [0.15, 0.2) is 0 Å². The van der Waals surface area contributed by atoms with Crippen molar-refractivity contribution in [2.24, 2.45) is 0 Å². The van der Waals surface area contributed by atoms with E-state index in [-0.39, 0.29) is 5.41 Å². The average molecular weight is 651 g/mol. The maximum atomic E-state index is 9.67. The zero-order valence-corrected chi connectivity index (χ0v) is 28.1. The minimum Gasteiger partial charge on any atom is -0.309 e. The second kappa shape index (κ2) is 10.6. The lowest BCUT2D eigenvalue weighted by Gasteiger charge is -2.23. The zero-order chi connectivity index (χ0) is 34.4. The third kappa shape index (κ3) is 4.05. The molecule has 0 saturated carbocycles. The van der Waals surface area contributed by atoms with Crippen molar-refractivity contribution in [3.05, 3.63) is 168 Å². The summed E-state index contributed by atoms with van der Waals surface area (Å²) in [6.07, 6.45) is 0. The number of para-hydroxylation sites is 1. The molecule has 0 radical (unpaired) electrons. The van der Waals surface area contributed by atoms with E-state index < -0.39 is 0 Å². The number of aromatic nitrogens is 2. The number of rotatable bonds is 3. The molecule has 0 saturated heterocycles. The van der Waals surface area contributed by atoms with Gasteiger partial charge in [0.05, 0.1) is 45.3 Å². The van der Waals surface area contributed by atoms with Crippen molar-refractivity contribution in [3.63, 3.8) is 0 Å². The number of hydrogen-bond donors (Lipinski definition) is 0. The SMILES string of the molecule is CC1(C)c2ccccc2-c2ccc3c4ccccc4n(-c4cccc(-c5cccc(-n6c7ccc(C#N)cc7c7cc(C#N)ccc76)c5)c4)c3c21. The van der Waals surface area contributed by atoms with Gasteiger partial charge < -0.3 is 9.13 Å². The van der Waals surface area contributed by atoms with E-state index in [0.29, 0.717) is 11.1 Å². The Labute approximate surface area is 295 Å². The molecule has 238 valence electrons. The molecular weight excluding hydrogens is 621 g/mol. The summed E-state index contributed by atoms with van der Waals surface area (Å²) in [5.74, 6) is 0. The predicted octanol–water partition coefficient (Wildman–Crippen LogP) is 11.6. The number of nitriles is 2. The van der Waals surface area contributed by atoms with Gasteiger partial charge >= 0.3 is 0 Å². The fourth-order valence-electron chi connectivity index (χ4n) is 8.67. The molecule has 2 aromatic heterocycles. The fourth-order valence-corrected chi connectivity index (χ4v) is 8.67. The van der Waals surface area contributed by atoms with E-state index >= 15 is 0 Å². The second-order valence-electron chi connectivity index (χ2n) is 14.0. The van der Waals surface area contributed by atoms with E-state index in [4.69, 9.17) is 0 Å². The molecule has 2 heterocycles. The van der Waals surface area contributed by atoms with Crippen LogP contribution in [-0.2, 0) is 5.41 Å². The first kappa shape index (κ1) is 29.1. The number of fused-ring (bicyclic) bond motifs is 10. The monoisotopic (exact) mass is 650 g/mol. The number of nitrogens with zero attached hydrogens (tertiary/aromatic N) is 4. The maximum absolute atomic E-state index is 9.67. The van der Waals surface area contributed by atoms with Gasteiger partial charge in [-0.3, -0.25) is 0 Å². The summed E-state index contributed by atoms with van der Waals surface area (Å²) >= 11 is 0. The topological polar surface area (TPSA) is 57.4 Å². The van der Waals surface area contributed by atoms with Gasteiger partial charge in [0.2, 0.25) is 0 Å². The molecule has 0 amide bonds. The van der Waals surface area contributed by atoms with Crippen molar-refractivity contribution in [1.29, 1.82) is 10.5 Å². The Morgan fingerprint density at radius 1 is 0.471 bits per heavy atom. The van der Waals surface area contributed by atoms with Crippen LogP contribution in [0.5, 0.6) is 0 Å². The van der Waals surface area contributed by atoms with Crippen LogP contribution < -0.4 is 0 Å². The van der Waals surface area contributed by atoms with Crippen LogP contribution in [0, 0.1) is 22.7 Å². The Balaban J connectivity index is 1.18. The largest absolute Gasteiger partial charge is 0.309 e. The second-order valence-corrected chi connectivity index (χ2v) is 14.0. The maximum Gasteiger partial charge on any atom is 0.0991 e. The van der Waals surface area contributed by atoms with E-state index in [1.54, 1.807) is 0 Å². The third-order valence-corrected chi connectivity index (χ3v) is 10.9. The lowest BCUT2D eigenvalue weighted by Crippen LogP contribution is -2.16. The quantitative estimate of drug-likeness (QED) is 0.191. The highest BCUT2D eigenvalue weighted by molar-refractivity contribution is 6.13. The van der Waals surface area contributed by atoms with Crippen molar-refractivity contribution in [2.45, 2.75) is 19.3 Å². The van der Waals surface area contributed by atoms with Crippen LogP contribution in [0.1, 0.15) is 36.1 Å². The van der Waals surface area contributed by atoms with Crippen molar-refractivity contribution in [3.8, 4) is 45.8 Å². The number of benzene rings is 7. The molecule has 1 aliphatic rings. The van der Waals surface area contributed by atoms with E-state index in [0.717, 1.165) is 44.3 Å². The summed E-state index contributed by atoms with van der Waals surface area (Å²) in [5, 5.41) is 23.8. The lowest BCUT2D eigenvalue weighted by atomic mass is 9.81. The van der Waals surface area contributed by atoms with E-state index in [1.165, 1.54) is 44.1 Å². The van der Waals surface area contributed by atoms with Gasteiger partial charge in [-0.05, 0) is 100 Å². The summed E-state index contributed by atoms with van der Waals surface area (Å²) in [4.78, 5) is 0. The van der Waals surface area contributed by atoms with Crippen molar-refractivity contribution in [1.82, 2.24) is 9.13 Å². The van der Waals surface area contributed by atoms with Gasteiger partial charge in [-0.15, -0.1) is 0 Å². The van der Waals surface area contributed by atoms with Crippen LogP contribution >= 0.6 is 0 Å². The molecule has 0 N–H and O–H groups in total. The smallest absolute Gasteiger partial charge is 0.0991 e. The molecule has 9 aromatic rings. The molecule has 4 heteroatoms. The van der Waals surface area contributed by atoms with Crippen LogP contribution in [0.2, 0.25) is 0 Å². The highest BCUT2D eigenvalue weighted by Gasteiger charge is 2.38. The van der Waals surface area contributed by atoms with Gasteiger partial charge in [-0.1, -0.05) is 92.7 Å². The molecule has 0 unspecified atom stereocenters. The predicted molar refractivity (Wildman–Crippen MR) is 208 cm³/mol. The van der Waals surface area contributed by atoms with Crippen LogP contribution in [0.3, 0.4) is 0 Å². The van der Waals surface area contributed by atoms with Gasteiger partial charge in [0.1, 0.15) is 0 Å². The summed E-state index contributed by atoms with van der Waals surface area (Å²) in [6.45, 7) is 4.72. The molecule has 0 aliphatic heterocycles. The van der Waals surface area contributed by atoms with Crippen LogP contribution in [0.25, 0.3) is 77.2 Å². The van der Waals surface area contributed by atoms with Crippen LogP contribution in [0.4, 0.5) is 0 Å². The summed E-state index contributed by atoms with van der Waals surface area (Å²) < 4.78 is 4.70. The molecule has 7 aromatic carbocycles. The van der Waals surface area contributed by atoms with Gasteiger partial charge in [-0.2, -0.15) is 10.5 Å². The molecule has 10 rings (SSSR count). The van der Waals surface area contributed by atoms with Gasteiger partial charge in [0.25, 0.3) is 0 Å². The van der Waals surface area contributed by atoms with Gasteiger partial charge in [-0.25, -0.2) is 0 Å². The highest BCUT2D eigenvalue weighted by atomic mass is 15.0. The third-order valence-electron chi connectivity index (χ3n) is 10.9. The van der Waals surface area contributed by atoms with Crippen molar-refractivity contribution < 1.29 is 0 Å². The first-order valence-electron chi connectivity index (χ1n) is 17.2. The molecule has 51 heavy (non-hydrogen) atoms. The summed E-state index contributed by atoms with van der Waals surface area (Å²) in [5.41, 5.74) is 15.2. The van der Waals surface area contributed by atoms with Crippen molar-refractivity contribution >= 4 is 43.6 Å². The highest BCUT2D eigenvalue weighted by Crippen LogP contribution is 2.53. The molecule has 4 nitrogen and oxygen atoms in total. The van der Waals surface area contributed by atoms with Crippen LogP contribution in [-0.4, -0.2) is 9.13 Å². The Hall–Kier alpha value is -6.88. The first-order valence-corrected chi connectivity index (χ1v) is 17.2. The minimum atomic E-state index is -0.159. The van der Waals surface area contributed by atoms with E-state index in [2.05, 4.69) is 144 Å². The molecule has 0 atom stereocenters. The molecule has 0 fully saturated rings. The molecule has 1 aliphatic carbocycles. The standard InChI is InChI=1S/C47H30N4/c1-47(2)41-15-5-3-13-35(41)37-19-20-38-36-14-4-6-16-42(36)51(46(38)45(37)47)34-12-8-10-32(26-34)31-9-7-11-33(25-31)50-43-21-17-29(27-48)23-39(43)40-24-30(28-49)18-22-44(40)50/h3-26H,1-2H3. The Kier molecular flexibility index (Phi) is 6.02. The fraction of sp³-hybridized carbons (Fsp3) is 0.0638. The lowest BCUT2D eigenvalue weighted by molar-refractivity contribution is 0.664. The van der Waals surface area contributed by atoms with E-state index in [1.807, 2.05) is 36.4 Å². The Bertz CT molecular complexity index is 2960. The molecule has 0 spiro atoms. The molecular formula is C47H30N4. The number of hydrogen-bond acceptors (Lipinski definition) is 2. The van der Waals surface area contributed by atoms with Crippen molar-refractivity contribution in [2.75, 3.05) is 0 Å². The summed E-state index contributed by atoms with van der Waals surface area (Å²) in [6, 6.07) is 55.9. The van der Waals surface area contributed by atoms with Gasteiger partial charge in [0, 0.05) is 38.3 Å². The Morgan fingerprint density at radius 3 is 1.73 bits per heavy atom. The first-order chi connectivity index (χ1) is 25.0. The normalized spacial score (nSPS) is 13.0.